The molecule has 1 aromatic rings. The monoisotopic (exact) mass is 236 g/mol. The van der Waals surface area contributed by atoms with E-state index in [1.165, 1.54) is 6.42 Å². The van der Waals surface area contributed by atoms with Crippen molar-refractivity contribution in [3.8, 4) is 0 Å². The van der Waals surface area contributed by atoms with Gasteiger partial charge in [-0.05, 0) is 25.0 Å². The van der Waals surface area contributed by atoms with Crippen molar-refractivity contribution in [2.75, 3.05) is 26.4 Å². The van der Waals surface area contributed by atoms with Crippen LogP contribution < -0.4 is 5.32 Å². The highest BCUT2D eigenvalue weighted by Crippen LogP contribution is 2.11. The highest BCUT2D eigenvalue weighted by Gasteiger charge is 2.14. The number of hydrogen-bond acceptors (Lipinski definition) is 4. The Labute approximate surface area is 102 Å². The molecule has 1 fully saturated rings. The van der Waals surface area contributed by atoms with Crippen molar-refractivity contribution in [3.05, 3.63) is 30.1 Å². The van der Waals surface area contributed by atoms with Crippen molar-refractivity contribution in [2.45, 2.75) is 25.5 Å². The van der Waals surface area contributed by atoms with E-state index >= 15 is 0 Å². The van der Waals surface area contributed by atoms with E-state index in [1.54, 1.807) is 0 Å². The minimum absolute atomic E-state index is 0.325. The first-order valence-corrected chi connectivity index (χ1v) is 6.25. The third-order valence-electron chi connectivity index (χ3n) is 2.78. The Hall–Kier alpha value is -0.970. The van der Waals surface area contributed by atoms with Gasteiger partial charge in [0.15, 0.2) is 0 Å². The van der Waals surface area contributed by atoms with Gasteiger partial charge in [0, 0.05) is 25.9 Å². The maximum Gasteiger partial charge on any atom is 0.0809 e. The fraction of sp³-hybridized carbons (Fsp3) is 0.615. The fourth-order valence-corrected chi connectivity index (χ4v) is 1.85. The molecule has 0 spiro atoms. The van der Waals surface area contributed by atoms with Crippen LogP contribution in [0.4, 0.5) is 0 Å². The van der Waals surface area contributed by atoms with Crippen molar-refractivity contribution >= 4 is 0 Å². The molecular formula is C13H20N2O2. The molecule has 17 heavy (non-hydrogen) atoms. The lowest BCUT2D eigenvalue weighted by molar-refractivity contribution is 0.0182. The highest BCUT2D eigenvalue weighted by molar-refractivity contribution is 5.02. The molecule has 2 rings (SSSR count). The third-order valence-corrected chi connectivity index (χ3v) is 2.78. The van der Waals surface area contributed by atoms with Crippen LogP contribution in [0, 0.1) is 0 Å². The second-order valence-electron chi connectivity index (χ2n) is 4.21. The van der Waals surface area contributed by atoms with Gasteiger partial charge in [-0.15, -0.1) is 0 Å². The van der Waals surface area contributed by atoms with Crippen LogP contribution in [0.5, 0.6) is 0 Å². The largest absolute Gasteiger partial charge is 0.377 e. The normalized spacial score (nSPS) is 19.6. The summed E-state index contributed by atoms with van der Waals surface area (Å²) in [5.41, 5.74) is 1.06. The van der Waals surface area contributed by atoms with E-state index in [1.807, 2.05) is 24.4 Å². The van der Waals surface area contributed by atoms with Gasteiger partial charge in [0.25, 0.3) is 0 Å². The Morgan fingerprint density at radius 3 is 3.24 bits per heavy atom. The first-order valence-electron chi connectivity index (χ1n) is 6.25. The summed E-state index contributed by atoms with van der Waals surface area (Å²) >= 11 is 0. The van der Waals surface area contributed by atoms with Crippen LogP contribution in [-0.2, 0) is 16.0 Å². The average molecular weight is 236 g/mol. The minimum atomic E-state index is 0.325. The average Bonchev–Trinajstić information content (AvgIpc) is 2.88. The molecule has 0 radical (unpaired) electrons. The standard InChI is InChI=1S/C13H20N2O2/c1-2-6-15-12(4-1)10-14-7-9-16-11-13-5-3-8-17-13/h1-2,4,6,13-14H,3,5,7-11H2. The van der Waals surface area contributed by atoms with Crippen LogP contribution in [-0.4, -0.2) is 37.5 Å². The maximum atomic E-state index is 5.55. The molecule has 1 atom stereocenters. The number of pyridine rings is 1. The van der Waals surface area contributed by atoms with Crippen LogP contribution in [0.2, 0.25) is 0 Å². The molecule has 1 unspecified atom stereocenters. The summed E-state index contributed by atoms with van der Waals surface area (Å²) in [4.78, 5) is 4.24. The Balaban J connectivity index is 1.46. The smallest absolute Gasteiger partial charge is 0.0809 e. The maximum absolute atomic E-state index is 5.55. The van der Waals surface area contributed by atoms with Crippen molar-refractivity contribution < 1.29 is 9.47 Å². The van der Waals surface area contributed by atoms with Gasteiger partial charge in [0.2, 0.25) is 0 Å². The zero-order valence-corrected chi connectivity index (χ0v) is 10.1. The Kier molecular flexibility index (Phi) is 5.42. The van der Waals surface area contributed by atoms with Gasteiger partial charge in [-0.3, -0.25) is 4.98 Å². The van der Waals surface area contributed by atoms with E-state index in [-0.39, 0.29) is 0 Å². The lowest BCUT2D eigenvalue weighted by Crippen LogP contribution is -2.22. The van der Waals surface area contributed by atoms with Crippen LogP contribution >= 0.6 is 0 Å². The van der Waals surface area contributed by atoms with E-state index < -0.39 is 0 Å². The second kappa shape index (κ2) is 7.37. The molecule has 1 aromatic heterocycles. The summed E-state index contributed by atoms with van der Waals surface area (Å²) in [6.07, 6.45) is 4.45. The first-order chi connectivity index (χ1) is 8.45. The Morgan fingerprint density at radius 2 is 2.47 bits per heavy atom. The molecular weight excluding hydrogens is 216 g/mol. The van der Waals surface area contributed by atoms with Crippen LogP contribution in [0.15, 0.2) is 24.4 Å². The molecule has 0 saturated carbocycles. The lowest BCUT2D eigenvalue weighted by atomic mass is 10.2. The Bertz CT molecular complexity index is 300. The van der Waals surface area contributed by atoms with Gasteiger partial charge in [0.1, 0.15) is 0 Å². The van der Waals surface area contributed by atoms with E-state index in [2.05, 4.69) is 10.3 Å². The molecule has 1 N–H and O–H groups in total. The third kappa shape index (κ3) is 4.81. The van der Waals surface area contributed by atoms with Crippen molar-refractivity contribution in [1.29, 1.82) is 0 Å². The molecule has 4 heteroatoms. The summed E-state index contributed by atoms with van der Waals surface area (Å²) in [6.45, 7) is 4.00. The zero-order valence-electron chi connectivity index (χ0n) is 10.1. The summed E-state index contributed by atoms with van der Waals surface area (Å²) in [6, 6.07) is 5.94. The highest BCUT2D eigenvalue weighted by atomic mass is 16.5. The quantitative estimate of drug-likeness (QED) is 0.726. The van der Waals surface area contributed by atoms with Crippen LogP contribution in [0.3, 0.4) is 0 Å². The molecule has 2 heterocycles. The fourth-order valence-electron chi connectivity index (χ4n) is 1.85. The van der Waals surface area contributed by atoms with Crippen molar-refractivity contribution in [3.63, 3.8) is 0 Å². The van der Waals surface area contributed by atoms with Gasteiger partial charge >= 0.3 is 0 Å². The first kappa shape index (κ1) is 12.5. The molecule has 0 aromatic carbocycles. The molecule has 4 nitrogen and oxygen atoms in total. The molecule has 1 saturated heterocycles. The summed E-state index contributed by atoms with van der Waals surface area (Å²) in [7, 11) is 0. The predicted octanol–water partition coefficient (Wildman–Crippen LogP) is 1.37. The second-order valence-corrected chi connectivity index (χ2v) is 4.21. The summed E-state index contributed by atoms with van der Waals surface area (Å²) in [5, 5.41) is 3.30. The topological polar surface area (TPSA) is 43.4 Å². The van der Waals surface area contributed by atoms with Gasteiger partial charge in [-0.1, -0.05) is 6.07 Å². The Morgan fingerprint density at radius 1 is 1.47 bits per heavy atom. The molecule has 0 aliphatic carbocycles. The van der Waals surface area contributed by atoms with Crippen LogP contribution in [0.1, 0.15) is 18.5 Å². The number of rotatable bonds is 7. The number of nitrogens with one attached hydrogen (secondary N) is 1. The van der Waals surface area contributed by atoms with E-state index in [9.17, 15) is 0 Å². The van der Waals surface area contributed by atoms with E-state index in [4.69, 9.17) is 9.47 Å². The van der Waals surface area contributed by atoms with Crippen LogP contribution in [0.25, 0.3) is 0 Å². The number of nitrogens with zero attached hydrogens (tertiary/aromatic N) is 1. The molecule has 0 bridgehead atoms. The van der Waals surface area contributed by atoms with E-state index in [0.29, 0.717) is 6.10 Å². The zero-order chi connectivity index (χ0) is 11.8. The lowest BCUT2D eigenvalue weighted by Gasteiger charge is -2.10. The summed E-state index contributed by atoms with van der Waals surface area (Å²) in [5.74, 6) is 0. The van der Waals surface area contributed by atoms with Gasteiger partial charge in [-0.25, -0.2) is 0 Å². The van der Waals surface area contributed by atoms with Crippen molar-refractivity contribution in [2.24, 2.45) is 0 Å². The SMILES string of the molecule is c1ccc(CNCCOCC2CCCO2)nc1. The van der Waals surface area contributed by atoms with Gasteiger partial charge in [-0.2, -0.15) is 0 Å². The number of aromatic nitrogens is 1. The van der Waals surface area contributed by atoms with E-state index in [0.717, 1.165) is 45.0 Å². The number of hydrogen-bond donors (Lipinski definition) is 1. The molecule has 1 aliphatic rings. The predicted molar refractivity (Wildman–Crippen MR) is 65.7 cm³/mol. The minimum Gasteiger partial charge on any atom is -0.377 e. The number of ether oxygens (including phenoxy) is 2. The van der Waals surface area contributed by atoms with Gasteiger partial charge < -0.3 is 14.8 Å². The molecule has 1 aliphatic heterocycles. The molecule has 94 valence electrons. The van der Waals surface area contributed by atoms with Crippen molar-refractivity contribution in [1.82, 2.24) is 10.3 Å². The summed E-state index contributed by atoms with van der Waals surface area (Å²) < 4.78 is 11.0. The molecule has 0 amide bonds. The van der Waals surface area contributed by atoms with Gasteiger partial charge in [0.05, 0.1) is 25.0 Å².